The molecule has 1 heterocycles. The summed E-state index contributed by atoms with van der Waals surface area (Å²) in [7, 11) is -2.15. The summed E-state index contributed by atoms with van der Waals surface area (Å²) in [6.07, 6.45) is -0.599. The molecule has 7 heteroatoms. The molecule has 3 aromatic carbocycles. The van der Waals surface area contributed by atoms with Gasteiger partial charge in [0.15, 0.2) is 0 Å². The van der Waals surface area contributed by atoms with Crippen molar-refractivity contribution in [2.45, 2.75) is 11.1 Å². The minimum atomic E-state index is -3.67. The van der Waals surface area contributed by atoms with Crippen LogP contribution in [0.25, 0.3) is 0 Å². The number of benzene rings is 3. The minimum absolute atomic E-state index is 0.174. The highest BCUT2D eigenvalue weighted by atomic mass is 32.2. The van der Waals surface area contributed by atoms with Crippen LogP contribution in [0.5, 0.6) is 0 Å². The van der Waals surface area contributed by atoms with Crippen LogP contribution in [-0.4, -0.2) is 21.4 Å². The highest BCUT2D eigenvalue weighted by molar-refractivity contribution is 7.92. The van der Waals surface area contributed by atoms with E-state index in [-0.39, 0.29) is 10.9 Å². The molecule has 4 rings (SSSR count). The quantitative estimate of drug-likeness (QED) is 0.667. The van der Waals surface area contributed by atoms with Gasteiger partial charge in [-0.25, -0.2) is 13.2 Å². The molecule has 28 heavy (non-hydrogen) atoms. The summed E-state index contributed by atoms with van der Waals surface area (Å²) >= 11 is 0. The SMILES string of the molecule is CN(c1ccccc1)S(=O)(=O)c1ccc(NC2OC(=O)c3ccccc32)cc1. The van der Waals surface area contributed by atoms with E-state index in [1.54, 1.807) is 48.5 Å². The van der Waals surface area contributed by atoms with Gasteiger partial charge in [-0.1, -0.05) is 36.4 Å². The average Bonchev–Trinajstić information content (AvgIpc) is 3.04. The van der Waals surface area contributed by atoms with Crippen LogP contribution in [0.2, 0.25) is 0 Å². The maximum Gasteiger partial charge on any atom is 0.340 e. The lowest BCUT2D eigenvalue weighted by Gasteiger charge is -2.20. The molecule has 0 radical (unpaired) electrons. The maximum atomic E-state index is 12.8. The summed E-state index contributed by atoms with van der Waals surface area (Å²) < 4.78 is 32.3. The number of carbonyl (C=O) groups is 1. The molecule has 0 aliphatic carbocycles. The van der Waals surface area contributed by atoms with Crippen molar-refractivity contribution >= 4 is 27.4 Å². The monoisotopic (exact) mass is 394 g/mol. The number of sulfonamides is 1. The van der Waals surface area contributed by atoms with Gasteiger partial charge in [0.05, 0.1) is 16.1 Å². The van der Waals surface area contributed by atoms with E-state index < -0.39 is 16.3 Å². The fourth-order valence-electron chi connectivity index (χ4n) is 3.06. The molecule has 0 spiro atoms. The molecule has 1 unspecified atom stereocenters. The molecule has 1 aliphatic rings. The Bertz CT molecular complexity index is 1110. The molecule has 3 aromatic rings. The lowest BCUT2D eigenvalue weighted by Crippen LogP contribution is -2.26. The first-order chi connectivity index (χ1) is 13.5. The van der Waals surface area contributed by atoms with Crippen LogP contribution in [0.15, 0.2) is 83.8 Å². The third-order valence-corrected chi connectivity index (χ3v) is 6.42. The van der Waals surface area contributed by atoms with Crippen molar-refractivity contribution in [2.75, 3.05) is 16.7 Å². The molecule has 0 aromatic heterocycles. The summed E-state index contributed by atoms with van der Waals surface area (Å²) in [5.74, 6) is -0.378. The molecule has 0 fully saturated rings. The predicted molar refractivity (Wildman–Crippen MR) is 107 cm³/mol. The Labute approximate surface area is 163 Å². The van der Waals surface area contributed by atoms with Crippen molar-refractivity contribution in [3.8, 4) is 0 Å². The third kappa shape index (κ3) is 3.20. The Hall–Kier alpha value is -3.32. The number of nitrogens with one attached hydrogen (secondary N) is 1. The summed E-state index contributed by atoms with van der Waals surface area (Å²) in [6, 6.07) is 22.4. The highest BCUT2D eigenvalue weighted by Crippen LogP contribution is 2.32. The number of ether oxygens (including phenoxy) is 1. The van der Waals surface area contributed by atoms with Crippen molar-refractivity contribution in [1.82, 2.24) is 0 Å². The van der Waals surface area contributed by atoms with Gasteiger partial charge in [0.2, 0.25) is 6.23 Å². The zero-order valence-corrected chi connectivity index (χ0v) is 15.9. The van der Waals surface area contributed by atoms with E-state index in [9.17, 15) is 13.2 Å². The Kier molecular flexibility index (Phi) is 4.52. The van der Waals surface area contributed by atoms with Gasteiger partial charge in [-0.3, -0.25) is 4.31 Å². The van der Waals surface area contributed by atoms with Crippen LogP contribution in [0.3, 0.4) is 0 Å². The number of hydrogen-bond donors (Lipinski definition) is 1. The molecule has 0 saturated carbocycles. The van der Waals surface area contributed by atoms with E-state index in [1.165, 1.54) is 23.5 Å². The van der Waals surface area contributed by atoms with E-state index in [1.807, 2.05) is 18.2 Å². The lowest BCUT2D eigenvalue weighted by atomic mass is 10.1. The Morgan fingerprint density at radius 2 is 1.54 bits per heavy atom. The van der Waals surface area contributed by atoms with Gasteiger partial charge in [-0.15, -0.1) is 0 Å². The predicted octanol–water partition coefficient (Wildman–Crippen LogP) is 3.79. The zero-order valence-electron chi connectivity index (χ0n) is 15.1. The standard InChI is InChI=1S/C21H18N2O4S/c1-23(16-7-3-2-4-8-16)28(25,26)17-13-11-15(12-14-17)22-20-18-9-5-6-10-19(18)21(24)27-20/h2-14,20,22H,1H3. The third-order valence-electron chi connectivity index (χ3n) is 4.62. The fourth-order valence-corrected chi connectivity index (χ4v) is 4.26. The first-order valence-corrected chi connectivity index (χ1v) is 10.1. The maximum absolute atomic E-state index is 12.8. The van der Waals surface area contributed by atoms with E-state index in [0.29, 0.717) is 16.9 Å². The van der Waals surface area contributed by atoms with Gasteiger partial charge in [0.1, 0.15) is 0 Å². The first-order valence-electron chi connectivity index (χ1n) is 8.67. The first kappa shape index (κ1) is 18.1. The Balaban J connectivity index is 1.54. The zero-order chi connectivity index (χ0) is 19.7. The second kappa shape index (κ2) is 7.01. The second-order valence-corrected chi connectivity index (χ2v) is 8.32. The molecule has 6 nitrogen and oxygen atoms in total. The summed E-state index contributed by atoms with van der Waals surface area (Å²) in [5, 5.41) is 3.12. The number of rotatable bonds is 5. The fraction of sp³-hybridized carbons (Fsp3) is 0.0952. The Morgan fingerprint density at radius 3 is 2.25 bits per heavy atom. The van der Waals surface area contributed by atoms with Crippen LogP contribution >= 0.6 is 0 Å². The molecule has 0 saturated heterocycles. The molecule has 0 amide bonds. The van der Waals surface area contributed by atoms with Crippen LogP contribution in [0, 0.1) is 0 Å². The molecule has 1 N–H and O–H groups in total. The van der Waals surface area contributed by atoms with Crippen LogP contribution < -0.4 is 9.62 Å². The number of fused-ring (bicyclic) bond motifs is 1. The number of carbonyl (C=O) groups excluding carboxylic acids is 1. The smallest absolute Gasteiger partial charge is 0.340 e. The van der Waals surface area contributed by atoms with E-state index in [2.05, 4.69) is 5.32 Å². The second-order valence-electron chi connectivity index (χ2n) is 6.35. The minimum Gasteiger partial charge on any atom is -0.434 e. The van der Waals surface area contributed by atoms with E-state index in [4.69, 9.17) is 4.74 Å². The topological polar surface area (TPSA) is 75.7 Å². The van der Waals surface area contributed by atoms with Crippen molar-refractivity contribution in [3.63, 3.8) is 0 Å². The number of nitrogens with zero attached hydrogens (tertiary/aromatic N) is 1. The largest absolute Gasteiger partial charge is 0.434 e. The molecule has 142 valence electrons. The number of hydrogen-bond acceptors (Lipinski definition) is 5. The van der Waals surface area contributed by atoms with E-state index in [0.717, 1.165) is 5.56 Å². The number of cyclic esters (lactones) is 1. The van der Waals surface area contributed by atoms with Gasteiger partial charge < -0.3 is 10.1 Å². The number of esters is 1. The Morgan fingerprint density at radius 1 is 0.893 bits per heavy atom. The van der Waals surface area contributed by atoms with Crippen molar-refractivity contribution in [3.05, 3.63) is 90.0 Å². The van der Waals surface area contributed by atoms with E-state index >= 15 is 0 Å². The van der Waals surface area contributed by atoms with Gasteiger partial charge in [-0.2, -0.15) is 0 Å². The van der Waals surface area contributed by atoms with Crippen LogP contribution in [0.1, 0.15) is 22.1 Å². The van der Waals surface area contributed by atoms with Crippen molar-refractivity contribution in [2.24, 2.45) is 0 Å². The van der Waals surface area contributed by atoms with Gasteiger partial charge in [0, 0.05) is 18.3 Å². The van der Waals surface area contributed by atoms with Gasteiger partial charge in [-0.05, 0) is 42.5 Å². The normalized spacial score (nSPS) is 15.6. The molecular weight excluding hydrogens is 376 g/mol. The van der Waals surface area contributed by atoms with Crippen LogP contribution in [-0.2, 0) is 14.8 Å². The van der Waals surface area contributed by atoms with Crippen LogP contribution in [0.4, 0.5) is 11.4 Å². The van der Waals surface area contributed by atoms with Gasteiger partial charge >= 0.3 is 5.97 Å². The average molecular weight is 394 g/mol. The highest BCUT2D eigenvalue weighted by Gasteiger charge is 2.30. The molecule has 0 bridgehead atoms. The number of para-hydroxylation sites is 1. The number of anilines is 2. The van der Waals surface area contributed by atoms with Crippen molar-refractivity contribution in [1.29, 1.82) is 0 Å². The summed E-state index contributed by atoms with van der Waals surface area (Å²) in [5.41, 5.74) is 2.52. The molecule has 1 atom stereocenters. The van der Waals surface area contributed by atoms with Gasteiger partial charge in [0.25, 0.3) is 10.0 Å². The van der Waals surface area contributed by atoms with Crippen molar-refractivity contribution < 1.29 is 17.9 Å². The summed E-state index contributed by atoms with van der Waals surface area (Å²) in [4.78, 5) is 12.1. The summed E-state index contributed by atoms with van der Waals surface area (Å²) in [6.45, 7) is 0. The molecule has 1 aliphatic heterocycles. The molecular formula is C21H18N2O4S. The lowest BCUT2D eigenvalue weighted by molar-refractivity contribution is 0.0437.